The first-order chi connectivity index (χ1) is 33.7. The van der Waals surface area contributed by atoms with Crippen LogP contribution in [0, 0.1) is 0 Å². The van der Waals surface area contributed by atoms with E-state index in [-0.39, 0.29) is 44.4 Å². The standard InChI is InChI=1S/C24H22N2O6S.C18H17BrN2O6S.C6H7BO2/c1-29-19-13-12-17(16-8-5-4-6-9-16)14-18(19)22-15-23(25-32-22)26-33(27,28)24-20(30-2)10-7-11-21(24)31-3;1-24-13-8-7-11(19)9-12(13)16-10-17(20-27-16)21-28(22,23)18-14(25-2)5-4-6-15(18)26-3;8-7(9)6-4-2-1-3-5-6/h4-15H,1-3H3,(H,25,26);4-10H,1-3H3,(H,20,21);1-5,8-9H. The van der Waals surface area contributed by atoms with E-state index in [0.717, 1.165) is 15.6 Å². The second kappa shape index (κ2) is 23.7. The lowest BCUT2D eigenvalue weighted by Gasteiger charge is -2.13. The number of sulfonamides is 2. The van der Waals surface area contributed by atoms with Crippen LogP contribution in [0.1, 0.15) is 0 Å². The van der Waals surface area contributed by atoms with Crippen molar-refractivity contribution in [2.24, 2.45) is 0 Å². The average Bonchev–Trinajstić information content (AvgIpc) is 4.05. The number of nitrogens with one attached hydrogen (secondary N) is 2. The lowest BCUT2D eigenvalue weighted by Crippen LogP contribution is -2.29. The van der Waals surface area contributed by atoms with Crippen LogP contribution in [0.4, 0.5) is 11.6 Å². The first kappa shape index (κ1) is 51.9. The first-order valence-electron chi connectivity index (χ1n) is 20.6. The normalized spacial score (nSPS) is 10.9. The minimum absolute atomic E-state index is 0.00462. The van der Waals surface area contributed by atoms with Crippen molar-refractivity contribution in [2.45, 2.75) is 9.79 Å². The van der Waals surface area contributed by atoms with Crippen LogP contribution in [-0.2, 0) is 20.0 Å². The second-order valence-electron chi connectivity index (χ2n) is 14.3. The number of hydrogen-bond acceptors (Lipinski definition) is 16. The molecule has 18 nitrogen and oxygen atoms in total. The molecule has 8 aromatic rings. The molecule has 0 bridgehead atoms. The van der Waals surface area contributed by atoms with E-state index in [9.17, 15) is 16.8 Å². The predicted octanol–water partition coefficient (Wildman–Crippen LogP) is 8.13. The molecule has 22 heteroatoms. The van der Waals surface area contributed by atoms with Crippen molar-refractivity contribution in [1.82, 2.24) is 10.3 Å². The van der Waals surface area contributed by atoms with E-state index in [0.29, 0.717) is 39.6 Å². The highest BCUT2D eigenvalue weighted by molar-refractivity contribution is 9.10. The fraction of sp³-hybridized carbons (Fsp3) is 0.125. The van der Waals surface area contributed by atoms with Gasteiger partial charge in [0.2, 0.25) is 0 Å². The number of methoxy groups -OCH3 is 6. The van der Waals surface area contributed by atoms with Gasteiger partial charge in [0.05, 0.1) is 53.8 Å². The lowest BCUT2D eigenvalue weighted by atomic mass is 9.81. The smallest absolute Gasteiger partial charge is 0.488 e. The summed E-state index contributed by atoms with van der Waals surface area (Å²) in [6, 6.07) is 41.8. The summed E-state index contributed by atoms with van der Waals surface area (Å²) in [5.74, 6) is 2.37. The molecular formula is C48H46BBrN4O14S2. The Morgan fingerprint density at radius 1 is 0.471 bits per heavy atom. The van der Waals surface area contributed by atoms with Gasteiger partial charge in [0.1, 0.15) is 34.5 Å². The number of benzene rings is 6. The Hall–Kier alpha value is -7.50. The molecule has 2 aromatic heterocycles. The van der Waals surface area contributed by atoms with Crippen LogP contribution in [0.5, 0.6) is 34.5 Å². The van der Waals surface area contributed by atoms with E-state index in [1.54, 1.807) is 55.6 Å². The molecule has 0 fully saturated rings. The van der Waals surface area contributed by atoms with Crippen molar-refractivity contribution in [3.63, 3.8) is 0 Å². The van der Waals surface area contributed by atoms with Gasteiger partial charge in [-0.15, -0.1) is 0 Å². The maximum atomic E-state index is 13.1. The molecule has 0 atom stereocenters. The number of rotatable bonds is 16. The molecule has 0 saturated carbocycles. The number of aromatic nitrogens is 2. The number of ether oxygens (including phenoxy) is 6. The van der Waals surface area contributed by atoms with Gasteiger partial charge in [-0.05, 0) is 71.2 Å². The van der Waals surface area contributed by atoms with Crippen LogP contribution >= 0.6 is 15.9 Å². The highest BCUT2D eigenvalue weighted by Crippen LogP contribution is 2.39. The monoisotopic (exact) mass is 1060 g/mol. The van der Waals surface area contributed by atoms with Crippen molar-refractivity contribution in [2.75, 3.05) is 52.1 Å². The number of anilines is 2. The molecule has 0 aliphatic rings. The molecule has 0 amide bonds. The summed E-state index contributed by atoms with van der Waals surface area (Å²) in [6.07, 6.45) is 0. The van der Waals surface area contributed by atoms with E-state index in [2.05, 4.69) is 35.7 Å². The van der Waals surface area contributed by atoms with Gasteiger partial charge in [-0.3, -0.25) is 9.44 Å². The third kappa shape index (κ3) is 12.6. The molecule has 8 rings (SSSR count). The molecule has 6 aromatic carbocycles. The molecule has 0 saturated heterocycles. The average molecular weight is 1060 g/mol. The summed E-state index contributed by atoms with van der Waals surface area (Å²) in [7, 11) is -0.886. The highest BCUT2D eigenvalue weighted by Gasteiger charge is 2.28. The zero-order valence-electron chi connectivity index (χ0n) is 38.3. The molecule has 0 aliphatic carbocycles. The first-order valence-corrected chi connectivity index (χ1v) is 24.3. The fourth-order valence-electron chi connectivity index (χ4n) is 6.65. The molecule has 364 valence electrons. The highest BCUT2D eigenvalue weighted by atomic mass is 79.9. The van der Waals surface area contributed by atoms with Gasteiger partial charge in [-0.25, -0.2) is 16.8 Å². The van der Waals surface area contributed by atoms with Crippen molar-refractivity contribution < 1.29 is 64.4 Å². The summed E-state index contributed by atoms with van der Waals surface area (Å²) in [5, 5.41) is 24.8. The van der Waals surface area contributed by atoms with Crippen molar-refractivity contribution in [3.05, 3.63) is 150 Å². The van der Waals surface area contributed by atoms with Crippen LogP contribution in [0.2, 0.25) is 0 Å². The Balaban J connectivity index is 0.000000197. The van der Waals surface area contributed by atoms with E-state index in [1.807, 2.05) is 60.7 Å². The van der Waals surface area contributed by atoms with Gasteiger partial charge < -0.3 is 47.5 Å². The molecule has 0 aliphatic heterocycles. The SMILES string of the molecule is COc1ccc(-c2ccccc2)cc1-c1cc(NS(=O)(=O)c2c(OC)cccc2OC)no1.COc1ccc(Br)cc1-c1cc(NS(=O)(=O)c2c(OC)cccc2OC)no1.OB(O)c1ccccc1. The van der Waals surface area contributed by atoms with E-state index in [4.69, 9.17) is 47.5 Å². The summed E-state index contributed by atoms with van der Waals surface area (Å²) in [6.45, 7) is 0. The third-order valence-electron chi connectivity index (χ3n) is 9.90. The largest absolute Gasteiger partial charge is 0.496 e. The Morgan fingerprint density at radius 2 is 0.871 bits per heavy atom. The van der Waals surface area contributed by atoms with Crippen LogP contribution < -0.4 is 43.3 Å². The van der Waals surface area contributed by atoms with Crippen LogP contribution in [0.25, 0.3) is 33.8 Å². The number of nitrogens with zero attached hydrogens (tertiary/aromatic N) is 2. The minimum atomic E-state index is -4.09. The van der Waals surface area contributed by atoms with Crippen LogP contribution in [0.15, 0.2) is 169 Å². The van der Waals surface area contributed by atoms with Crippen molar-refractivity contribution in [3.8, 4) is 68.3 Å². The fourth-order valence-corrected chi connectivity index (χ4v) is 9.62. The summed E-state index contributed by atoms with van der Waals surface area (Å²) >= 11 is 3.38. The zero-order chi connectivity index (χ0) is 50.4. The quantitative estimate of drug-likeness (QED) is 0.0668. The Morgan fingerprint density at radius 3 is 1.27 bits per heavy atom. The van der Waals surface area contributed by atoms with Gasteiger partial charge in [0.15, 0.2) is 32.9 Å². The molecule has 0 spiro atoms. The summed E-state index contributed by atoms with van der Waals surface area (Å²) < 4.78 is 99.9. The molecule has 2 heterocycles. The zero-order valence-corrected chi connectivity index (χ0v) is 41.5. The Labute approximate surface area is 413 Å². The number of halogens is 1. The molecular weight excluding hydrogens is 1010 g/mol. The molecule has 0 unspecified atom stereocenters. The van der Waals surface area contributed by atoms with Crippen molar-refractivity contribution in [1.29, 1.82) is 0 Å². The Kier molecular flexibility index (Phi) is 17.6. The van der Waals surface area contributed by atoms with Gasteiger partial charge >= 0.3 is 7.12 Å². The van der Waals surface area contributed by atoms with Crippen LogP contribution in [-0.4, -0.2) is 87.0 Å². The maximum Gasteiger partial charge on any atom is 0.488 e. The van der Waals surface area contributed by atoms with Gasteiger partial charge in [0.25, 0.3) is 20.0 Å². The summed E-state index contributed by atoms with van der Waals surface area (Å²) in [4.78, 5) is -0.271. The van der Waals surface area contributed by atoms with Gasteiger partial charge in [-0.1, -0.05) is 105 Å². The van der Waals surface area contributed by atoms with Crippen LogP contribution in [0.3, 0.4) is 0 Å². The van der Waals surface area contributed by atoms with E-state index < -0.39 is 27.2 Å². The Bertz CT molecular complexity index is 3190. The van der Waals surface area contributed by atoms with E-state index in [1.165, 1.54) is 71.9 Å². The predicted molar refractivity (Wildman–Crippen MR) is 267 cm³/mol. The lowest BCUT2D eigenvalue weighted by molar-refractivity contribution is 0.373. The molecule has 4 N–H and O–H groups in total. The van der Waals surface area contributed by atoms with Gasteiger partial charge in [-0.2, -0.15) is 0 Å². The van der Waals surface area contributed by atoms with Crippen molar-refractivity contribution >= 4 is 60.2 Å². The summed E-state index contributed by atoms with van der Waals surface area (Å²) in [5.41, 5.74) is 3.74. The topological polar surface area (TPSA) is 240 Å². The molecule has 0 radical (unpaired) electrons. The molecule has 70 heavy (non-hydrogen) atoms. The minimum Gasteiger partial charge on any atom is -0.496 e. The maximum absolute atomic E-state index is 13.1. The van der Waals surface area contributed by atoms with Gasteiger partial charge in [0, 0.05) is 16.6 Å². The number of hydrogen-bond donors (Lipinski definition) is 4. The third-order valence-corrected chi connectivity index (χ3v) is 13.2. The second-order valence-corrected chi connectivity index (χ2v) is 18.4. The van der Waals surface area contributed by atoms with E-state index >= 15 is 0 Å².